The molecule has 2 rings (SSSR count). The maximum Gasteiger partial charge on any atom is 0.337 e. The first kappa shape index (κ1) is 27.7. The number of aliphatic hydroxyl groups is 1. The highest BCUT2D eigenvalue weighted by atomic mass is 16.5. The Bertz CT molecular complexity index is 1050. The summed E-state index contributed by atoms with van der Waals surface area (Å²) in [6.07, 6.45) is 1.76. The minimum Gasteiger partial charge on any atom is -0.496 e. The first-order valence-electron chi connectivity index (χ1n) is 11.4. The molecule has 0 radical (unpaired) electrons. The molecule has 1 N–H and O–H groups in total. The number of aliphatic hydroxyl groups excluding tert-OH is 1. The van der Waals surface area contributed by atoms with Crippen molar-refractivity contribution in [1.82, 2.24) is 0 Å². The molecule has 0 bridgehead atoms. The van der Waals surface area contributed by atoms with Crippen LogP contribution in [0.25, 0.3) is 5.57 Å². The number of hydrogen-bond donors (Lipinski definition) is 1. The molecule has 2 aromatic carbocycles. The lowest BCUT2D eigenvalue weighted by atomic mass is 9.88. The van der Waals surface area contributed by atoms with Gasteiger partial charge in [0.05, 0.1) is 26.4 Å². The van der Waals surface area contributed by atoms with Crippen LogP contribution in [0.3, 0.4) is 0 Å². The lowest BCUT2D eigenvalue weighted by molar-refractivity contribution is -0.146. The van der Waals surface area contributed by atoms with Crippen LogP contribution < -0.4 is 9.47 Å². The molecule has 0 heterocycles. The minimum atomic E-state index is -0.552. The van der Waals surface area contributed by atoms with E-state index in [1.165, 1.54) is 14.0 Å². The van der Waals surface area contributed by atoms with Crippen LogP contribution in [0.4, 0.5) is 0 Å². The summed E-state index contributed by atoms with van der Waals surface area (Å²) in [7, 11) is 2.90. The number of esters is 2. The highest BCUT2D eigenvalue weighted by Crippen LogP contribution is 2.36. The van der Waals surface area contributed by atoms with Crippen LogP contribution in [0.15, 0.2) is 60.7 Å². The van der Waals surface area contributed by atoms with Crippen molar-refractivity contribution >= 4 is 17.5 Å². The molecule has 35 heavy (non-hydrogen) atoms. The van der Waals surface area contributed by atoms with Gasteiger partial charge in [0.25, 0.3) is 0 Å². The van der Waals surface area contributed by atoms with Gasteiger partial charge < -0.3 is 24.1 Å². The zero-order valence-electron chi connectivity index (χ0n) is 21.0. The van der Waals surface area contributed by atoms with Crippen LogP contribution in [-0.4, -0.2) is 44.5 Å². The maximum atomic E-state index is 12.2. The van der Waals surface area contributed by atoms with Gasteiger partial charge in [-0.2, -0.15) is 0 Å². The summed E-state index contributed by atoms with van der Waals surface area (Å²) in [6.45, 7) is 9.81. The van der Waals surface area contributed by atoms with Crippen molar-refractivity contribution in [2.24, 2.45) is 5.92 Å². The molecule has 0 spiro atoms. The maximum absolute atomic E-state index is 12.2. The number of rotatable bonds is 12. The highest BCUT2D eigenvalue weighted by Gasteiger charge is 2.20. The molecule has 2 aromatic rings. The van der Waals surface area contributed by atoms with E-state index < -0.39 is 18.0 Å². The molecule has 0 aliphatic rings. The molecule has 0 saturated heterocycles. The number of carbonyl (C=O) groups is 2. The summed E-state index contributed by atoms with van der Waals surface area (Å²) in [5, 5.41) is 8.94. The molecule has 7 heteroatoms. The normalized spacial score (nSPS) is 12.1. The third-order valence-electron chi connectivity index (χ3n) is 5.41. The Kier molecular flexibility index (Phi) is 10.5. The van der Waals surface area contributed by atoms with Crippen LogP contribution >= 0.6 is 0 Å². The van der Waals surface area contributed by atoms with E-state index in [4.69, 9.17) is 24.1 Å². The average Bonchev–Trinajstić information content (AvgIpc) is 2.86. The first-order valence-corrected chi connectivity index (χ1v) is 11.4. The second kappa shape index (κ2) is 13.3. The minimum absolute atomic E-state index is 0.0776. The lowest BCUT2D eigenvalue weighted by Gasteiger charge is -2.21. The Morgan fingerprint density at radius 1 is 1.09 bits per heavy atom. The largest absolute Gasteiger partial charge is 0.496 e. The predicted molar refractivity (Wildman–Crippen MR) is 134 cm³/mol. The van der Waals surface area contributed by atoms with Crippen molar-refractivity contribution in [3.8, 4) is 11.5 Å². The second-order valence-electron chi connectivity index (χ2n) is 8.18. The fraction of sp³-hybridized carbons (Fsp3) is 0.357. The van der Waals surface area contributed by atoms with Crippen LogP contribution in [-0.2, 0) is 14.3 Å². The number of ether oxygens (including phenoxy) is 4. The molecule has 1 atom stereocenters. The summed E-state index contributed by atoms with van der Waals surface area (Å²) in [4.78, 5) is 24.0. The van der Waals surface area contributed by atoms with Gasteiger partial charge in [0.15, 0.2) is 0 Å². The van der Waals surface area contributed by atoms with Crippen molar-refractivity contribution in [3.63, 3.8) is 0 Å². The fourth-order valence-corrected chi connectivity index (χ4v) is 3.51. The monoisotopic (exact) mass is 482 g/mol. The van der Waals surface area contributed by atoms with Crippen LogP contribution in [0, 0.1) is 5.92 Å². The lowest BCUT2D eigenvalue weighted by Crippen LogP contribution is -2.09. The molecule has 7 nitrogen and oxygen atoms in total. The molecule has 0 fully saturated rings. The number of methoxy groups -OCH3 is 2. The number of hydrogen-bond acceptors (Lipinski definition) is 7. The van der Waals surface area contributed by atoms with Crippen molar-refractivity contribution in [2.75, 3.05) is 27.4 Å². The Balaban J connectivity index is 2.50. The molecular formula is C28H34O7. The van der Waals surface area contributed by atoms with E-state index in [0.29, 0.717) is 29.0 Å². The topological polar surface area (TPSA) is 91.3 Å². The molecule has 188 valence electrons. The average molecular weight is 483 g/mol. The van der Waals surface area contributed by atoms with E-state index in [0.717, 1.165) is 16.7 Å². The number of benzene rings is 2. The van der Waals surface area contributed by atoms with E-state index in [1.807, 2.05) is 32.1 Å². The molecule has 0 amide bonds. The summed E-state index contributed by atoms with van der Waals surface area (Å²) >= 11 is 0. The SMILES string of the molecule is C=C(/C(=C/C[C@H](OC(C)=O)c1ccc(OCCO)cc1)c1cc(C(=O)OC)ccc1OC)C(C)C. The standard InChI is InChI=1S/C28H34O7/c1-18(2)19(3)24(25-17-22(28(31)33-6)9-13-27(25)32-5)12-14-26(35-20(4)30)21-7-10-23(11-8-21)34-16-15-29/h7-13,17-18,26,29H,3,14-16H2,1-2,4-6H3/b24-12-/t26-/m0/s1. The molecule has 0 saturated carbocycles. The van der Waals surface area contributed by atoms with Crippen molar-refractivity contribution in [1.29, 1.82) is 0 Å². The Labute approximate surface area is 207 Å². The smallest absolute Gasteiger partial charge is 0.337 e. The fourth-order valence-electron chi connectivity index (χ4n) is 3.51. The van der Waals surface area contributed by atoms with Crippen molar-refractivity contribution < 1.29 is 33.6 Å². The van der Waals surface area contributed by atoms with E-state index in [1.54, 1.807) is 37.4 Å². The molecule has 0 aliphatic carbocycles. The molecule has 0 aromatic heterocycles. The molecule has 0 aliphatic heterocycles. The van der Waals surface area contributed by atoms with Gasteiger partial charge in [-0.05, 0) is 53.0 Å². The number of carbonyl (C=O) groups excluding carboxylic acids is 2. The van der Waals surface area contributed by atoms with Crippen LogP contribution in [0.5, 0.6) is 11.5 Å². The predicted octanol–water partition coefficient (Wildman–Crippen LogP) is 5.14. The Morgan fingerprint density at radius 2 is 1.77 bits per heavy atom. The third kappa shape index (κ3) is 7.72. The van der Waals surface area contributed by atoms with Gasteiger partial charge in [-0.3, -0.25) is 4.79 Å². The van der Waals surface area contributed by atoms with Gasteiger partial charge in [0.1, 0.15) is 24.2 Å². The van der Waals surface area contributed by atoms with Crippen molar-refractivity contribution in [2.45, 2.75) is 33.3 Å². The Morgan fingerprint density at radius 3 is 2.31 bits per heavy atom. The third-order valence-corrected chi connectivity index (χ3v) is 5.41. The molecular weight excluding hydrogens is 448 g/mol. The Hall–Kier alpha value is -3.58. The van der Waals surface area contributed by atoms with Gasteiger partial charge in [-0.25, -0.2) is 4.79 Å². The van der Waals surface area contributed by atoms with E-state index in [9.17, 15) is 9.59 Å². The number of allylic oxidation sites excluding steroid dienone is 2. The van der Waals surface area contributed by atoms with Crippen LogP contribution in [0.1, 0.15) is 54.8 Å². The van der Waals surface area contributed by atoms with Gasteiger partial charge in [0.2, 0.25) is 0 Å². The highest BCUT2D eigenvalue weighted by molar-refractivity contribution is 5.92. The van der Waals surface area contributed by atoms with E-state index >= 15 is 0 Å². The second-order valence-corrected chi connectivity index (χ2v) is 8.18. The summed E-state index contributed by atoms with van der Waals surface area (Å²) in [5.41, 5.74) is 3.52. The summed E-state index contributed by atoms with van der Waals surface area (Å²) in [6, 6.07) is 12.3. The zero-order chi connectivity index (χ0) is 26.0. The summed E-state index contributed by atoms with van der Waals surface area (Å²) in [5.74, 6) is 0.448. The van der Waals surface area contributed by atoms with E-state index in [2.05, 4.69) is 6.58 Å². The van der Waals surface area contributed by atoms with Gasteiger partial charge in [-0.15, -0.1) is 0 Å². The van der Waals surface area contributed by atoms with Gasteiger partial charge in [0, 0.05) is 18.9 Å². The summed E-state index contributed by atoms with van der Waals surface area (Å²) < 4.78 is 21.5. The first-order chi connectivity index (χ1) is 16.7. The van der Waals surface area contributed by atoms with E-state index in [-0.39, 0.29) is 19.1 Å². The van der Waals surface area contributed by atoms with Crippen LogP contribution in [0.2, 0.25) is 0 Å². The van der Waals surface area contributed by atoms with Crippen molar-refractivity contribution in [3.05, 3.63) is 77.4 Å². The molecule has 0 unspecified atom stereocenters. The quantitative estimate of drug-likeness (QED) is 0.331. The van der Waals surface area contributed by atoms with Gasteiger partial charge in [-0.1, -0.05) is 38.6 Å². The zero-order valence-corrected chi connectivity index (χ0v) is 21.0. The van der Waals surface area contributed by atoms with Gasteiger partial charge >= 0.3 is 11.9 Å².